The number of amides is 1. The van der Waals surface area contributed by atoms with E-state index in [9.17, 15) is 4.79 Å². The maximum absolute atomic E-state index is 11.8. The zero-order chi connectivity index (χ0) is 13.9. The smallest absolute Gasteiger partial charge is 0.226 e. The standard InChI is InChI=1S/C13H24N4O/c1-6-11(14)7-12(18)15-13-9(4)16-17(8(2)3)10(13)5/h8,11H,6-7,14H2,1-5H3,(H,15,18). The van der Waals surface area contributed by atoms with Crippen LogP contribution in [0.2, 0.25) is 0 Å². The van der Waals surface area contributed by atoms with Crippen LogP contribution in [-0.2, 0) is 4.79 Å². The van der Waals surface area contributed by atoms with Crippen LogP contribution >= 0.6 is 0 Å². The molecule has 0 aromatic carbocycles. The van der Waals surface area contributed by atoms with Gasteiger partial charge in [-0.2, -0.15) is 5.10 Å². The Kier molecular flexibility index (Phi) is 4.90. The summed E-state index contributed by atoms with van der Waals surface area (Å²) in [5, 5.41) is 7.35. The number of nitrogens with two attached hydrogens (primary N) is 1. The van der Waals surface area contributed by atoms with E-state index in [1.165, 1.54) is 0 Å². The van der Waals surface area contributed by atoms with Gasteiger partial charge in [-0.3, -0.25) is 9.48 Å². The summed E-state index contributed by atoms with van der Waals surface area (Å²) in [6, 6.07) is 0.206. The zero-order valence-electron chi connectivity index (χ0n) is 11.9. The number of carbonyl (C=O) groups is 1. The van der Waals surface area contributed by atoms with Crippen molar-refractivity contribution in [1.29, 1.82) is 0 Å². The molecule has 1 aromatic heterocycles. The number of hydrogen-bond acceptors (Lipinski definition) is 3. The first-order chi connectivity index (χ1) is 8.36. The molecule has 0 aliphatic rings. The van der Waals surface area contributed by atoms with Crippen LogP contribution in [0, 0.1) is 13.8 Å². The molecule has 1 amide bonds. The molecule has 0 radical (unpaired) electrons. The third kappa shape index (κ3) is 3.32. The number of nitrogens with zero attached hydrogens (tertiary/aromatic N) is 2. The van der Waals surface area contributed by atoms with E-state index in [4.69, 9.17) is 5.73 Å². The van der Waals surface area contributed by atoms with Crippen molar-refractivity contribution in [3.05, 3.63) is 11.4 Å². The largest absolute Gasteiger partial charge is 0.327 e. The summed E-state index contributed by atoms with van der Waals surface area (Å²) in [7, 11) is 0. The molecule has 102 valence electrons. The molecule has 0 aliphatic heterocycles. The molecule has 5 heteroatoms. The Morgan fingerprint density at radius 3 is 2.50 bits per heavy atom. The predicted octanol–water partition coefficient (Wildman–Crippen LogP) is 2.15. The van der Waals surface area contributed by atoms with E-state index >= 15 is 0 Å². The van der Waals surface area contributed by atoms with E-state index in [1.54, 1.807) is 0 Å². The Labute approximate surface area is 109 Å². The maximum atomic E-state index is 11.8. The average molecular weight is 252 g/mol. The van der Waals surface area contributed by atoms with E-state index in [0.29, 0.717) is 6.42 Å². The first-order valence-electron chi connectivity index (χ1n) is 6.47. The number of rotatable bonds is 5. The van der Waals surface area contributed by atoms with Crippen LogP contribution in [0.15, 0.2) is 0 Å². The first kappa shape index (κ1) is 14.7. The fourth-order valence-electron chi connectivity index (χ4n) is 1.92. The minimum absolute atomic E-state index is 0.0427. The molecule has 5 nitrogen and oxygen atoms in total. The summed E-state index contributed by atoms with van der Waals surface area (Å²) in [5.41, 5.74) is 8.43. The van der Waals surface area contributed by atoms with E-state index in [1.807, 2.05) is 25.5 Å². The lowest BCUT2D eigenvalue weighted by Crippen LogP contribution is -2.26. The molecule has 1 unspecified atom stereocenters. The Morgan fingerprint density at radius 2 is 2.06 bits per heavy atom. The van der Waals surface area contributed by atoms with E-state index in [2.05, 4.69) is 24.3 Å². The Bertz CT molecular complexity index is 423. The summed E-state index contributed by atoms with van der Waals surface area (Å²) in [5.74, 6) is -0.0427. The molecule has 1 aromatic rings. The lowest BCUT2D eigenvalue weighted by molar-refractivity contribution is -0.116. The van der Waals surface area contributed by atoms with Gasteiger partial charge in [0.2, 0.25) is 5.91 Å². The van der Waals surface area contributed by atoms with Gasteiger partial charge in [0.25, 0.3) is 0 Å². The molecule has 1 rings (SSSR count). The van der Waals surface area contributed by atoms with Crippen molar-refractivity contribution in [3.63, 3.8) is 0 Å². The van der Waals surface area contributed by atoms with Crippen molar-refractivity contribution in [2.45, 2.75) is 59.5 Å². The zero-order valence-corrected chi connectivity index (χ0v) is 11.9. The SMILES string of the molecule is CCC(N)CC(=O)Nc1c(C)nn(C(C)C)c1C. The highest BCUT2D eigenvalue weighted by atomic mass is 16.1. The first-order valence-corrected chi connectivity index (χ1v) is 6.47. The number of anilines is 1. The van der Waals surface area contributed by atoms with Crippen molar-refractivity contribution >= 4 is 11.6 Å². The molecule has 0 saturated heterocycles. The van der Waals surface area contributed by atoms with Crippen LogP contribution in [0.25, 0.3) is 0 Å². The molecule has 1 heterocycles. The minimum atomic E-state index is -0.0780. The number of hydrogen-bond donors (Lipinski definition) is 2. The van der Waals surface area contributed by atoms with Crippen molar-refractivity contribution in [1.82, 2.24) is 9.78 Å². The highest BCUT2D eigenvalue weighted by Crippen LogP contribution is 2.22. The van der Waals surface area contributed by atoms with Gasteiger partial charge < -0.3 is 11.1 Å². The summed E-state index contributed by atoms with van der Waals surface area (Å²) in [4.78, 5) is 11.8. The van der Waals surface area contributed by atoms with E-state index in [-0.39, 0.29) is 18.0 Å². The van der Waals surface area contributed by atoms with Crippen molar-refractivity contribution < 1.29 is 4.79 Å². The van der Waals surface area contributed by atoms with Crippen LogP contribution < -0.4 is 11.1 Å². The van der Waals surface area contributed by atoms with Gasteiger partial charge >= 0.3 is 0 Å². The lowest BCUT2D eigenvalue weighted by atomic mass is 10.1. The molecule has 1 atom stereocenters. The van der Waals surface area contributed by atoms with Gasteiger partial charge in [0.15, 0.2) is 0 Å². The second-order valence-electron chi connectivity index (χ2n) is 5.00. The number of carbonyl (C=O) groups excluding carboxylic acids is 1. The fourth-order valence-corrected chi connectivity index (χ4v) is 1.92. The van der Waals surface area contributed by atoms with Gasteiger partial charge in [0.05, 0.1) is 17.1 Å². The monoisotopic (exact) mass is 252 g/mol. The topological polar surface area (TPSA) is 72.9 Å². The number of aryl methyl sites for hydroxylation is 1. The van der Waals surface area contributed by atoms with Gasteiger partial charge in [-0.15, -0.1) is 0 Å². The molecule has 0 spiro atoms. The van der Waals surface area contributed by atoms with Gasteiger partial charge in [-0.1, -0.05) is 6.92 Å². The molecular formula is C13H24N4O. The molecule has 3 N–H and O–H groups in total. The van der Waals surface area contributed by atoms with Crippen molar-refractivity contribution in [2.24, 2.45) is 5.73 Å². The highest BCUT2D eigenvalue weighted by molar-refractivity contribution is 5.92. The average Bonchev–Trinajstić information content (AvgIpc) is 2.56. The van der Waals surface area contributed by atoms with Crippen molar-refractivity contribution in [2.75, 3.05) is 5.32 Å². The normalized spacial score (nSPS) is 12.8. The lowest BCUT2D eigenvalue weighted by Gasteiger charge is -2.11. The summed E-state index contributed by atoms with van der Waals surface area (Å²) < 4.78 is 1.92. The van der Waals surface area contributed by atoms with Crippen LogP contribution in [0.4, 0.5) is 5.69 Å². The molecule has 0 saturated carbocycles. The molecule has 0 bridgehead atoms. The summed E-state index contributed by atoms with van der Waals surface area (Å²) >= 11 is 0. The maximum Gasteiger partial charge on any atom is 0.226 e. The second kappa shape index (κ2) is 6.00. The quantitative estimate of drug-likeness (QED) is 0.843. The molecule has 0 fully saturated rings. The summed E-state index contributed by atoms with van der Waals surface area (Å²) in [6.07, 6.45) is 1.15. The van der Waals surface area contributed by atoms with Gasteiger partial charge in [-0.25, -0.2) is 0 Å². The number of aromatic nitrogens is 2. The van der Waals surface area contributed by atoms with Gasteiger partial charge in [0, 0.05) is 18.5 Å². The van der Waals surface area contributed by atoms with Crippen LogP contribution in [0.3, 0.4) is 0 Å². The Morgan fingerprint density at radius 1 is 1.44 bits per heavy atom. The second-order valence-corrected chi connectivity index (χ2v) is 5.00. The molecule has 18 heavy (non-hydrogen) atoms. The van der Waals surface area contributed by atoms with Crippen LogP contribution in [0.5, 0.6) is 0 Å². The molecular weight excluding hydrogens is 228 g/mol. The number of nitrogens with one attached hydrogen (secondary N) is 1. The molecule has 0 aliphatic carbocycles. The van der Waals surface area contributed by atoms with E-state index < -0.39 is 0 Å². The van der Waals surface area contributed by atoms with Gasteiger partial charge in [-0.05, 0) is 34.1 Å². The predicted molar refractivity (Wildman–Crippen MR) is 73.6 cm³/mol. The van der Waals surface area contributed by atoms with Crippen molar-refractivity contribution in [3.8, 4) is 0 Å². The minimum Gasteiger partial charge on any atom is -0.327 e. The summed E-state index contributed by atoms with van der Waals surface area (Å²) in [6.45, 7) is 9.98. The third-order valence-corrected chi connectivity index (χ3v) is 3.05. The highest BCUT2D eigenvalue weighted by Gasteiger charge is 2.16. The van der Waals surface area contributed by atoms with Crippen LogP contribution in [-0.4, -0.2) is 21.7 Å². The fraction of sp³-hybridized carbons (Fsp3) is 0.692. The Balaban J connectivity index is 2.82. The Hall–Kier alpha value is -1.36. The van der Waals surface area contributed by atoms with E-state index in [0.717, 1.165) is 23.5 Å². The van der Waals surface area contributed by atoms with Gasteiger partial charge in [0.1, 0.15) is 0 Å². The van der Waals surface area contributed by atoms with Crippen LogP contribution in [0.1, 0.15) is 51.0 Å². The third-order valence-electron chi connectivity index (χ3n) is 3.05.